The first-order valence-electron chi connectivity index (χ1n) is 6.81. The molecular weight excluding hydrogens is 266 g/mol. The number of para-hydroxylation sites is 2. The van der Waals surface area contributed by atoms with Crippen LogP contribution in [0.15, 0.2) is 42.5 Å². The summed E-state index contributed by atoms with van der Waals surface area (Å²) in [4.78, 5) is 12.5. The highest BCUT2D eigenvalue weighted by Crippen LogP contribution is 2.31. The van der Waals surface area contributed by atoms with Crippen molar-refractivity contribution in [2.45, 2.75) is 13.3 Å². The summed E-state index contributed by atoms with van der Waals surface area (Å²) in [6, 6.07) is 13.0. The van der Waals surface area contributed by atoms with E-state index in [0.29, 0.717) is 17.1 Å². The first kappa shape index (κ1) is 14.9. The van der Waals surface area contributed by atoms with Crippen LogP contribution in [0.5, 0.6) is 11.5 Å². The van der Waals surface area contributed by atoms with Crippen molar-refractivity contribution in [2.24, 2.45) is 0 Å². The average molecular weight is 285 g/mol. The Kier molecular flexibility index (Phi) is 4.82. The SMILES string of the molecule is CCc1ccccc1NC(=O)c1cccc(OC)c1OC. The number of ether oxygens (including phenoxy) is 2. The molecule has 0 heterocycles. The average Bonchev–Trinajstić information content (AvgIpc) is 2.54. The summed E-state index contributed by atoms with van der Waals surface area (Å²) in [7, 11) is 3.07. The van der Waals surface area contributed by atoms with E-state index in [1.54, 1.807) is 25.3 Å². The molecule has 0 aliphatic carbocycles. The molecule has 0 bridgehead atoms. The van der Waals surface area contributed by atoms with Gasteiger partial charge in [0.1, 0.15) is 0 Å². The zero-order valence-electron chi connectivity index (χ0n) is 12.5. The van der Waals surface area contributed by atoms with Gasteiger partial charge in [0.15, 0.2) is 11.5 Å². The quantitative estimate of drug-likeness (QED) is 0.914. The van der Waals surface area contributed by atoms with Gasteiger partial charge in [0.05, 0.1) is 19.8 Å². The molecule has 0 saturated carbocycles. The van der Waals surface area contributed by atoms with Crippen molar-refractivity contribution in [3.05, 3.63) is 53.6 Å². The van der Waals surface area contributed by atoms with Crippen LogP contribution < -0.4 is 14.8 Å². The van der Waals surface area contributed by atoms with Gasteiger partial charge in [-0.2, -0.15) is 0 Å². The first-order valence-corrected chi connectivity index (χ1v) is 6.81. The van der Waals surface area contributed by atoms with E-state index < -0.39 is 0 Å². The third-order valence-corrected chi connectivity index (χ3v) is 3.29. The van der Waals surface area contributed by atoms with Crippen LogP contribution in [0.1, 0.15) is 22.8 Å². The van der Waals surface area contributed by atoms with Crippen molar-refractivity contribution < 1.29 is 14.3 Å². The Balaban J connectivity index is 2.33. The Morgan fingerprint density at radius 1 is 1.05 bits per heavy atom. The molecule has 0 aliphatic rings. The molecule has 4 heteroatoms. The summed E-state index contributed by atoms with van der Waals surface area (Å²) in [5.74, 6) is 0.757. The van der Waals surface area contributed by atoms with E-state index in [1.165, 1.54) is 7.11 Å². The number of carbonyl (C=O) groups is 1. The van der Waals surface area contributed by atoms with E-state index in [9.17, 15) is 4.79 Å². The van der Waals surface area contributed by atoms with Crippen LogP contribution in [0.4, 0.5) is 5.69 Å². The molecule has 0 aromatic heterocycles. The highest BCUT2D eigenvalue weighted by Gasteiger charge is 2.17. The van der Waals surface area contributed by atoms with E-state index in [4.69, 9.17) is 9.47 Å². The van der Waals surface area contributed by atoms with E-state index in [0.717, 1.165) is 17.7 Å². The van der Waals surface area contributed by atoms with Crippen molar-refractivity contribution >= 4 is 11.6 Å². The van der Waals surface area contributed by atoms with Gasteiger partial charge < -0.3 is 14.8 Å². The molecule has 0 atom stereocenters. The van der Waals surface area contributed by atoms with Gasteiger partial charge in [-0.25, -0.2) is 0 Å². The molecule has 0 aliphatic heterocycles. The molecule has 0 unspecified atom stereocenters. The summed E-state index contributed by atoms with van der Waals surface area (Å²) in [5, 5.41) is 2.93. The number of rotatable bonds is 5. The van der Waals surface area contributed by atoms with Crippen LogP contribution in [-0.4, -0.2) is 20.1 Å². The minimum Gasteiger partial charge on any atom is -0.493 e. The fraction of sp³-hybridized carbons (Fsp3) is 0.235. The zero-order chi connectivity index (χ0) is 15.2. The molecule has 0 fully saturated rings. The second kappa shape index (κ2) is 6.79. The number of aryl methyl sites for hydroxylation is 1. The molecule has 1 amide bonds. The number of amides is 1. The van der Waals surface area contributed by atoms with Crippen molar-refractivity contribution in [1.29, 1.82) is 0 Å². The summed E-state index contributed by atoms with van der Waals surface area (Å²) >= 11 is 0. The maximum atomic E-state index is 12.5. The molecule has 2 aromatic carbocycles. The fourth-order valence-electron chi connectivity index (χ4n) is 2.21. The van der Waals surface area contributed by atoms with Crippen LogP contribution in [-0.2, 0) is 6.42 Å². The minimum atomic E-state index is -0.216. The lowest BCUT2D eigenvalue weighted by Gasteiger charge is -2.14. The molecular formula is C17H19NO3. The van der Waals surface area contributed by atoms with Gasteiger partial charge in [-0.1, -0.05) is 31.2 Å². The molecule has 2 aromatic rings. The maximum absolute atomic E-state index is 12.5. The van der Waals surface area contributed by atoms with Crippen LogP contribution in [0.2, 0.25) is 0 Å². The Labute approximate surface area is 124 Å². The Hall–Kier alpha value is -2.49. The Bertz CT molecular complexity index is 638. The number of hydrogen-bond acceptors (Lipinski definition) is 3. The van der Waals surface area contributed by atoms with Gasteiger partial charge >= 0.3 is 0 Å². The second-order valence-electron chi connectivity index (χ2n) is 4.51. The Morgan fingerprint density at radius 2 is 1.81 bits per heavy atom. The molecule has 2 rings (SSSR count). The molecule has 0 saturated heterocycles. The third kappa shape index (κ3) is 3.16. The lowest BCUT2D eigenvalue weighted by Crippen LogP contribution is -2.14. The summed E-state index contributed by atoms with van der Waals surface area (Å²) in [5.41, 5.74) is 2.35. The van der Waals surface area contributed by atoms with Crippen LogP contribution in [0.25, 0.3) is 0 Å². The lowest BCUT2D eigenvalue weighted by molar-refractivity contribution is 0.102. The second-order valence-corrected chi connectivity index (χ2v) is 4.51. The van der Waals surface area contributed by atoms with Gasteiger partial charge in [0, 0.05) is 5.69 Å². The lowest BCUT2D eigenvalue weighted by atomic mass is 10.1. The van der Waals surface area contributed by atoms with E-state index in [-0.39, 0.29) is 5.91 Å². The maximum Gasteiger partial charge on any atom is 0.259 e. The summed E-state index contributed by atoms with van der Waals surface area (Å²) in [6.07, 6.45) is 0.853. The summed E-state index contributed by atoms with van der Waals surface area (Å²) in [6.45, 7) is 2.05. The molecule has 4 nitrogen and oxygen atoms in total. The van der Waals surface area contributed by atoms with Gasteiger partial charge in [-0.15, -0.1) is 0 Å². The van der Waals surface area contributed by atoms with Gasteiger partial charge in [0.25, 0.3) is 5.91 Å². The largest absolute Gasteiger partial charge is 0.493 e. The van der Waals surface area contributed by atoms with Crippen LogP contribution >= 0.6 is 0 Å². The molecule has 21 heavy (non-hydrogen) atoms. The molecule has 110 valence electrons. The van der Waals surface area contributed by atoms with Gasteiger partial charge in [0.2, 0.25) is 0 Å². The molecule has 0 radical (unpaired) electrons. The highest BCUT2D eigenvalue weighted by molar-refractivity contribution is 6.07. The highest BCUT2D eigenvalue weighted by atomic mass is 16.5. The van der Waals surface area contributed by atoms with E-state index in [1.807, 2.05) is 24.3 Å². The normalized spacial score (nSPS) is 10.0. The predicted octanol–water partition coefficient (Wildman–Crippen LogP) is 3.52. The van der Waals surface area contributed by atoms with Gasteiger partial charge in [-0.05, 0) is 30.2 Å². The third-order valence-electron chi connectivity index (χ3n) is 3.29. The zero-order valence-corrected chi connectivity index (χ0v) is 12.5. The van der Waals surface area contributed by atoms with Crippen molar-refractivity contribution in [2.75, 3.05) is 19.5 Å². The monoisotopic (exact) mass is 285 g/mol. The van der Waals surface area contributed by atoms with Crippen molar-refractivity contribution in [3.8, 4) is 11.5 Å². The predicted molar refractivity (Wildman–Crippen MR) is 83.3 cm³/mol. The van der Waals surface area contributed by atoms with Crippen molar-refractivity contribution in [1.82, 2.24) is 0 Å². The molecule has 1 N–H and O–H groups in total. The number of benzene rings is 2. The first-order chi connectivity index (χ1) is 10.2. The minimum absolute atomic E-state index is 0.216. The van der Waals surface area contributed by atoms with E-state index >= 15 is 0 Å². The number of nitrogens with one attached hydrogen (secondary N) is 1. The topological polar surface area (TPSA) is 47.6 Å². The van der Waals surface area contributed by atoms with Gasteiger partial charge in [-0.3, -0.25) is 4.79 Å². The van der Waals surface area contributed by atoms with E-state index in [2.05, 4.69) is 12.2 Å². The number of carbonyl (C=O) groups excluding carboxylic acids is 1. The molecule has 0 spiro atoms. The fourth-order valence-corrected chi connectivity index (χ4v) is 2.21. The Morgan fingerprint density at radius 3 is 2.48 bits per heavy atom. The van der Waals surface area contributed by atoms with Crippen molar-refractivity contribution in [3.63, 3.8) is 0 Å². The number of hydrogen-bond donors (Lipinski definition) is 1. The standard InChI is InChI=1S/C17H19NO3/c1-4-12-8-5-6-10-14(12)18-17(19)13-9-7-11-15(20-2)16(13)21-3/h5-11H,4H2,1-3H3,(H,18,19). The smallest absolute Gasteiger partial charge is 0.259 e. The van der Waals surface area contributed by atoms with Crippen LogP contribution in [0, 0.1) is 0 Å². The van der Waals surface area contributed by atoms with Crippen LogP contribution in [0.3, 0.4) is 0 Å². The summed E-state index contributed by atoms with van der Waals surface area (Å²) < 4.78 is 10.5. The number of anilines is 1. The number of methoxy groups -OCH3 is 2.